The fourth-order valence-corrected chi connectivity index (χ4v) is 3.17. The summed E-state index contributed by atoms with van der Waals surface area (Å²) in [6, 6.07) is 11.1. The van der Waals surface area contributed by atoms with Crippen molar-refractivity contribution < 1.29 is 9.59 Å². The van der Waals surface area contributed by atoms with Crippen LogP contribution in [0.2, 0.25) is 0 Å². The predicted octanol–water partition coefficient (Wildman–Crippen LogP) is 3.22. The number of hydrogen-bond donors (Lipinski definition) is 1. The van der Waals surface area contributed by atoms with Crippen LogP contribution in [0.25, 0.3) is 0 Å². The normalized spacial score (nSPS) is 16.3. The molecule has 1 aliphatic heterocycles. The van der Waals surface area contributed by atoms with E-state index in [4.69, 9.17) is 0 Å². The average molecular weight is 349 g/mol. The molecule has 2 heterocycles. The van der Waals surface area contributed by atoms with Crippen molar-refractivity contribution in [1.29, 1.82) is 0 Å². The van der Waals surface area contributed by atoms with Crippen LogP contribution in [0, 0.1) is 12.8 Å². The molecular weight excluding hydrogens is 326 g/mol. The van der Waals surface area contributed by atoms with E-state index in [0.717, 1.165) is 37.2 Å². The highest BCUT2D eigenvalue weighted by Gasteiger charge is 2.27. The fourth-order valence-electron chi connectivity index (χ4n) is 3.17. The summed E-state index contributed by atoms with van der Waals surface area (Å²) in [5, 5.41) is 2.68. The molecule has 5 nitrogen and oxygen atoms in total. The van der Waals surface area contributed by atoms with Crippen molar-refractivity contribution in [2.24, 2.45) is 5.92 Å². The van der Waals surface area contributed by atoms with Crippen LogP contribution in [-0.4, -0.2) is 34.8 Å². The van der Waals surface area contributed by atoms with Crippen LogP contribution < -0.4 is 5.32 Å². The van der Waals surface area contributed by atoms with Crippen LogP contribution in [-0.2, 0) is 11.2 Å². The molecule has 1 aliphatic rings. The SMILES string of the molecule is C=CC(=O)Nc1ccc(C(=O)N2CC[C@@H](Cc3ccc(C)cn3)C2)cc1. The van der Waals surface area contributed by atoms with Crippen LogP contribution in [0.3, 0.4) is 0 Å². The van der Waals surface area contributed by atoms with Gasteiger partial charge in [0, 0.05) is 36.2 Å². The number of aromatic nitrogens is 1. The summed E-state index contributed by atoms with van der Waals surface area (Å²) in [7, 11) is 0. The van der Waals surface area contributed by atoms with E-state index in [0.29, 0.717) is 17.2 Å². The first kappa shape index (κ1) is 17.9. The van der Waals surface area contributed by atoms with E-state index in [1.807, 2.05) is 18.0 Å². The zero-order valence-corrected chi connectivity index (χ0v) is 14.9. The maximum atomic E-state index is 12.7. The van der Waals surface area contributed by atoms with Gasteiger partial charge in [-0.15, -0.1) is 0 Å². The van der Waals surface area contributed by atoms with Crippen molar-refractivity contribution in [2.45, 2.75) is 19.8 Å². The van der Waals surface area contributed by atoms with Gasteiger partial charge in [0.1, 0.15) is 0 Å². The third-order valence-corrected chi connectivity index (χ3v) is 4.63. The first-order valence-electron chi connectivity index (χ1n) is 8.79. The number of nitrogens with one attached hydrogen (secondary N) is 1. The van der Waals surface area contributed by atoms with Gasteiger partial charge in [0.2, 0.25) is 5.91 Å². The molecular formula is C21H23N3O2. The summed E-state index contributed by atoms with van der Waals surface area (Å²) in [6.45, 7) is 6.97. The molecule has 3 rings (SSSR count). The Morgan fingerprint density at radius 2 is 2.04 bits per heavy atom. The van der Waals surface area contributed by atoms with Crippen molar-refractivity contribution in [3.05, 3.63) is 72.1 Å². The van der Waals surface area contributed by atoms with Gasteiger partial charge in [0.15, 0.2) is 0 Å². The highest BCUT2D eigenvalue weighted by atomic mass is 16.2. The van der Waals surface area contributed by atoms with Crippen molar-refractivity contribution in [1.82, 2.24) is 9.88 Å². The highest BCUT2D eigenvalue weighted by Crippen LogP contribution is 2.22. The molecule has 1 N–H and O–H groups in total. The molecule has 134 valence electrons. The van der Waals surface area contributed by atoms with Gasteiger partial charge < -0.3 is 10.2 Å². The Bertz CT molecular complexity index is 797. The molecule has 1 aromatic carbocycles. The maximum Gasteiger partial charge on any atom is 0.253 e. The van der Waals surface area contributed by atoms with Crippen LogP contribution in [0.1, 0.15) is 28.0 Å². The minimum atomic E-state index is -0.267. The zero-order chi connectivity index (χ0) is 18.5. The molecule has 26 heavy (non-hydrogen) atoms. The molecule has 0 spiro atoms. The fraction of sp³-hybridized carbons (Fsp3) is 0.286. The Hall–Kier alpha value is -2.95. The number of carbonyl (C=O) groups is 2. The van der Waals surface area contributed by atoms with Gasteiger partial charge in [0.25, 0.3) is 5.91 Å². The molecule has 1 saturated heterocycles. The second-order valence-corrected chi connectivity index (χ2v) is 6.71. The Morgan fingerprint density at radius 1 is 1.27 bits per heavy atom. The van der Waals surface area contributed by atoms with Crippen molar-refractivity contribution in [3.8, 4) is 0 Å². The number of rotatable bonds is 5. The first-order valence-corrected chi connectivity index (χ1v) is 8.79. The summed E-state index contributed by atoms with van der Waals surface area (Å²) < 4.78 is 0. The van der Waals surface area contributed by atoms with E-state index < -0.39 is 0 Å². The summed E-state index contributed by atoms with van der Waals surface area (Å²) in [4.78, 5) is 30.4. The maximum absolute atomic E-state index is 12.7. The summed E-state index contributed by atoms with van der Waals surface area (Å²) >= 11 is 0. The Labute approximate surface area is 153 Å². The lowest BCUT2D eigenvalue weighted by Crippen LogP contribution is -2.29. The van der Waals surface area contributed by atoms with Gasteiger partial charge in [-0.1, -0.05) is 12.6 Å². The van der Waals surface area contributed by atoms with E-state index in [2.05, 4.69) is 29.0 Å². The highest BCUT2D eigenvalue weighted by molar-refractivity contribution is 5.99. The van der Waals surface area contributed by atoms with Gasteiger partial charge in [-0.2, -0.15) is 0 Å². The van der Waals surface area contributed by atoms with Gasteiger partial charge in [-0.25, -0.2) is 0 Å². The topological polar surface area (TPSA) is 62.3 Å². The lowest BCUT2D eigenvalue weighted by molar-refractivity contribution is -0.111. The number of nitrogens with zero attached hydrogens (tertiary/aromatic N) is 2. The summed E-state index contributed by atoms with van der Waals surface area (Å²) in [5.41, 5.74) is 3.52. The number of carbonyl (C=O) groups excluding carboxylic acids is 2. The van der Waals surface area contributed by atoms with Gasteiger partial charge in [0.05, 0.1) is 0 Å². The molecule has 0 aliphatic carbocycles. The van der Waals surface area contributed by atoms with E-state index in [1.54, 1.807) is 24.3 Å². The minimum absolute atomic E-state index is 0.0333. The van der Waals surface area contributed by atoms with E-state index in [1.165, 1.54) is 6.08 Å². The molecule has 1 atom stereocenters. The minimum Gasteiger partial charge on any atom is -0.338 e. The third kappa shape index (κ3) is 4.36. The molecule has 0 radical (unpaired) electrons. The second-order valence-electron chi connectivity index (χ2n) is 6.71. The monoisotopic (exact) mass is 349 g/mol. The summed E-state index contributed by atoms with van der Waals surface area (Å²) in [5.74, 6) is 0.211. The predicted molar refractivity (Wildman–Crippen MR) is 102 cm³/mol. The smallest absolute Gasteiger partial charge is 0.253 e. The standard InChI is InChI=1S/C21H23N3O2/c1-3-20(25)23-18-8-5-17(6-9-18)21(26)24-11-10-16(14-24)12-19-7-4-15(2)13-22-19/h3-9,13,16H,1,10-12,14H2,2H3,(H,23,25)/t16-/m0/s1. The van der Waals surface area contributed by atoms with Crippen LogP contribution in [0.15, 0.2) is 55.3 Å². The average Bonchev–Trinajstić information content (AvgIpc) is 3.12. The lowest BCUT2D eigenvalue weighted by Gasteiger charge is -2.17. The van der Waals surface area contributed by atoms with E-state index >= 15 is 0 Å². The second kappa shape index (κ2) is 7.95. The van der Waals surface area contributed by atoms with Gasteiger partial charge >= 0.3 is 0 Å². The number of pyridine rings is 1. The van der Waals surface area contributed by atoms with Gasteiger partial charge in [-0.05, 0) is 67.7 Å². The number of benzene rings is 1. The van der Waals surface area contributed by atoms with Crippen molar-refractivity contribution in [2.75, 3.05) is 18.4 Å². The number of amides is 2. The molecule has 0 bridgehead atoms. The Balaban J connectivity index is 1.57. The third-order valence-electron chi connectivity index (χ3n) is 4.63. The number of hydrogen-bond acceptors (Lipinski definition) is 3. The number of aryl methyl sites for hydroxylation is 1. The lowest BCUT2D eigenvalue weighted by atomic mass is 10.0. The Morgan fingerprint density at radius 3 is 2.69 bits per heavy atom. The van der Waals surface area contributed by atoms with Crippen molar-refractivity contribution in [3.63, 3.8) is 0 Å². The van der Waals surface area contributed by atoms with Crippen LogP contribution >= 0.6 is 0 Å². The van der Waals surface area contributed by atoms with Crippen LogP contribution in [0.4, 0.5) is 5.69 Å². The van der Waals surface area contributed by atoms with E-state index in [-0.39, 0.29) is 11.8 Å². The molecule has 0 unspecified atom stereocenters. The van der Waals surface area contributed by atoms with Gasteiger partial charge in [-0.3, -0.25) is 14.6 Å². The number of anilines is 1. The van der Waals surface area contributed by atoms with Crippen LogP contribution in [0.5, 0.6) is 0 Å². The summed E-state index contributed by atoms with van der Waals surface area (Å²) in [6.07, 6.45) is 5.00. The molecule has 1 aromatic heterocycles. The number of likely N-dealkylation sites (tertiary alicyclic amines) is 1. The quantitative estimate of drug-likeness (QED) is 0.843. The molecule has 0 saturated carbocycles. The van der Waals surface area contributed by atoms with E-state index in [9.17, 15) is 9.59 Å². The largest absolute Gasteiger partial charge is 0.338 e. The molecule has 2 amide bonds. The molecule has 1 fully saturated rings. The first-order chi connectivity index (χ1) is 12.5. The van der Waals surface area contributed by atoms with Crippen molar-refractivity contribution >= 4 is 17.5 Å². The molecule has 2 aromatic rings. The Kier molecular flexibility index (Phi) is 5.46. The molecule has 5 heteroatoms. The zero-order valence-electron chi connectivity index (χ0n) is 14.9.